The summed E-state index contributed by atoms with van der Waals surface area (Å²) < 4.78 is 5.56. The third-order valence-electron chi connectivity index (χ3n) is 5.24. The van der Waals surface area contributed by atoms with E-state index in [1.165, 1.54) is 0 Å². The number of amides is 2. The van der Waals surface area contributed by atoms with Gasteiger partial charge in [0.15, 0.2) is 6.61 Å². The fourth-order valence-electron chi connectivity index (χ4n) is 3.20. The fraction of sp³-hybridized carbons (Fsp3) is 0.579. The lowest BCUT2D eigenvalue weighted by molar-refractivity contribution is -0.144. The molecular weight excluding hydrogens is 318 g/mol. The van der Waals surface area contributed by atoms with E-state index in [0.717, 1.165) is 18.7 Å². The fourth-order valence-corrected chi connectivity index (χ4v) is 3.20. The zero-order valence-electron chi connectivity index (χ0n) is 15.0. The maximum Gasteiger partial charge on any atom is 0.260 e. The molecule has 25 heavy (non-hydrogen) atoms. The lowest BCUT2D eigenvalue weighted by Gasteiger charge is -2.39. The molecule has 0 aliphatic carbocycles. The van der Waals surface area contributed by atoms with Gasteiger partial charge in [0.25, 0.3) is 5.91 Å². The average Bonchev–Trinajstić information content (AvgIpc) is 2.59. The van der Waals surface area contributed by atoms with Gasteiger partial charge in [-0.2, -0.15) is 0 Å². The Balaban J connectivity index is 1.42. The first kappa shape index (κ1) is 17.7. The predicted molar refractivity (Wildman–Crippen MR) is 95.4 cm³/mol. The quantitative estimate of drug-likeness (QED) is 0.861. The van der Waals surface area contributed by atoms with Crippen molar-refractivity contribution in [1.82, 2.24) is 15.1 Å². The summed E-state index contributed by atoms with van der Waals surface area (Å²) in [6, 6.07) is 7.66. The lowest BCUT2D eigenvalue weighted by atomic mass is 9.88. The van der Waals surface area contributed by atoms with Crippen LogP contribution in [-0.4, -0.2) is 67.5 Å². The van der Waals surface area contributed by atoms with Crippen molar-refractivity contribution in [3.05, 3.63) is 29.8 Å². The van der Waals surface area contributed by atoms with Gasteiger partial charge in [-0.3, -0.25) is 9.59 Å². The van der Waals surface area contributed by atoms with E-state index in [1.54, 1.807) is 4.90 Å². The monoisotopic (exact) mass is 345 g/mol. The van der Waals surface area contributed by atoms with Crippen molar-refractivity contribution >= 4 is 11.8 Å². The molecule has 6 heteroatoms. The van der Waals surface area contributed by atoms with Crippen LogP contribution in [0.25, 0.3) is 0 Å². The summed E-state index contributed by atoms with van der Waals surface area (Å²) >= 11 is 0. The third-order valence-corrected chi connectivity index (χ3v) is 5.24. The molecule has 3 rings (SSSR count). The molecule has 0 bridgehead atoms. The van der Waals surface area contributed by atoms with Crippen molar-refractivity contribution < 1.29 is 14.3 Å². The lowest BCUT2D eigenvalue weighted by Crippen LogP contribution is -2.55. The molecule has 2 aliphatic rings. The van der Waals surface area contributed by atoms with E-state index in [0.29, 0.717) is 37.8 Å². The second-order valence-electron chi connectivity index (χ2n) is 7.01. The summed E-state index contributed by atoms with van der Waals surface area (Å²) in [4.78, 5) is 28.5. The van der Waals surface area contributed by atoms with Gasteiger partial charge < -0.3 is 19.9 Å². The predicted octanol–water partition coefficient (Wildman–Crippen LogP) is 0.900. The second kappa shape index (κ2) is 7.87. The van der Waals surface area contributed by atoms with Gasteiger partial charge in [0.1, 0.15) is 5.75 Å². The topological polar surface area (TPSA) is 61.9 Å². The Bertz CT molecular complexity index is 605. The van der Waals surface area contributed by atoms with Crippen molar-refractivity contribution in [2.24, 2.45) is 11.8 Å². The van der Waals surface area contributed by atoms with Crippen molar-refractivity contribution in [3.63, 3.8) is 0 Å². The van der Waals surface area contributed by atoms with Gasteiger partial charge in [0.05, 0.1) is 0 Å². The molecule has 2 aliphatic heterocycles. The molecule has 6 nitrogen and oxygen atoms in total. The highest BCUT2D eigenvalue weighted by Gasteiger charge is 2.33. The van der Waals surface area contributed by atoms with Crippen molar-refractivity contribution in [2.75, 3.05) is 45.9 Å². The standard InChI is InChI=1S/C19H27N3O3/c1-14-3-5-17(6-4-14)25-13-18(23)21-7-9-22(10-8-21)19(24)15(2)16-11-20-12-16/h3-6,15-16,20H,7-13H2,1-2H3. The summed E-state index contributed by atoms with van der Waals surface area (Å²) in [6.07, 6.45) is 0. The number of hydrogen-bond donors (Lipinski definition) is 1. The first-order valence-corrected chi connectivity index (χ1v) is 9.01. The van der Waals surface area contributed by atoms with Gasteiger partial charge in [0, 0.05) is 32.1 Å². The first-order chi connectivity index (χ1) is 12.0. The number of ether oxygens (including phenoxy) is 1. The van der Waals surface area contributed by atoms with Gasteiger partial charge in [-0.1, -0.05) is 24.6 Å². The molecule has 0 spiro atoms. The van der Waals surface area contributed by atoms with Crippen LogP contribution in [0.2, 0.25) is 0 Å². The number of nitrogens with zero attached hydrogens (tertiary/aromatic N) is 2. The molecule has 0 aromatic heterocycles. The highest BCUT2D eigenvalue weighted by atomic mass is 16.5. The van der Waals surface area contributed by atoms with Crippen LogP contribution in [-0.2, 0) is 9.59 Å². The van der Waals surface area contributed by atoms with Crippen LogP contribution in [0, 0.1) is 18.8 Å². The number of nitrogens with one attached hydrogen (secondary N) is 1. The van der Waals surface area contributed by atoms with Gasteiger partial charge in [-0.15, -0.1) is 0 Å². The Morgan fingerprint density at radius 1 is 1.12 bits per heavy atom. The second-order valence-corrected chi connectivity index (χ2v) is 7.01. The van der Waals surface area contributed by atoms with E-state index >= 15 is 0 Å². The Morgan fingerprint density at radius 3 is 2.28 bits per heavy atom. The minimum atomic E-state index is -0.0242. The van der Waals surface area contributed by atoms with E-state index in [2.05, 4.69) is 5.32 Å². The van der Waals surface area contributed by atoms with E-state index in [9.17, 15) is 9.59 Å². The minimum Gasteiger partial charge on any atom is -0.484 e. The zero-order valence-corrected chi connectivity index (χ0v) is 15.0. The Hall–Kier alpha value is -2.08. The van der Waals surface area contributed by atoms with Crippen LogP contribution in [0.4, 0.5) is 0 Å². The molecule has 1 aromatic carbocycles. The normalized spacial score (nSPS) is 19.3. The average molecular weight is 345 g/mol. The summed E-state index contributed by atoms with van der Waals surface area (Å²) in [5.41, 5.74) is 1.16. The number of piperazine rings is 1. The van der Waals surface area contributed by atoms with Crippen molar-refractivity contribution in [2.45, 2.75) is 13.8 Å². The smallest absolute Gasteiger partial charge is 0.260 e. The molecule has 2 amide bonds. The van der Waals surface area contributed by atoms with E-state index in [-0.39, 0.29) is 24.3 Å². The minimum absolute atomic E-state index is 0.0242. The number of aryl methyl sites for hydroxylation is 1. The Morgan fingerprint density at radius 2 is 1.72 bits per heavy atom. The van der Waals surface area contributed by atoms with Gasteiger partial charge >= 0.3 is 0 Å². The van der Waals surface area contributed by atoms with Crippen LogP contribution in [0.15, 0.2) is 24.3 Å². The Labute approximate surface area is 149 Å². The number of carbonyl (C=O) groups is 2. The number of carbonyl (C=O) groups excluding carboxylic acids is 2. The molecule has 2 fully saturated rings. The molecule has 0 radical (unpaired) electrons. The first-order valence-electron chi connectivity index (χ1n) is 9.01. The molecule has 2 saturated heterocycles. The molecule has 2 heterocycles. The molecule has 1 aromatic rings. The third kappa shape index (κ3) is 4.31. The Kier molecular flexibility index (Phi) is 5.58. The summed E-state index contributed by atoms with van der Waals surface area (Å²) in [7, 11) is 0. The van der Waals surface area contributed by atoms with Gasteiger partial charge in [0.2, 0.25) is 5.91 Å². The van der Waals surface area contributed by atoms with E-state index in [4.69, 9.17) is 4.74 Å². The number of hydrogen-bond acceptors (Lipinski definition) is 4. The zero-order chi connectivity index (χ0) is 17.8. The molecule has 0 saturated carbocycles. The van der Waals surface area contributed by atoms with E-state index < -0.39 is 0 Å². The highest BCUT2D eigenvalue weighted by molar-refractivity contribution is 5.80. The molecule has 136 valence electrons. The van der Waals surface area contributed by atoms with Crippen molar-refractivity contribution in [1.29, 1.82) is 0 Å². The maximum absolute atomic E-state index is 12.5. The molecule has 1 atom stereocenters. The van der Waals surface area contributed by atoms with Gasteiger partial charge in [-0.05, 0) is 38.1 Å². The summed E-state index contributed by atoms with van der Waals surface area (Å²) in [6.45, 7) is 8.32. The van der Waals surface area contributed by atoms with Crippen LogP contribution in [0.5, 0.6) is 5.75 Å². The largest absolute Gasteiger partial charge is 0.484 e. The SMILES string of the molecule is Cc1ccc(OCC(=O)N2CCN(C(=O)C(C)C3CNC3)CC2)cc1. The van der Waals surface area contributed by atoms with Crippen LogP contribution in [0.1, 0.15) is 12.5 Å². The van der Waals surface area contributed by atoms with Crippen LogP contribution < -0.4 is 10.1 Å². The summed E-state index contributed by atoms with van der Waals surface area (Å²) in [5.74, 6) is 1.41. The van der Waals surface area contributed by atoms with Gasteiger partial charge in [-0.25, -0.2) is 0 Å². The highest BCUT2D eigenvalue weighted by Crippen LogP contribution is 2.19. The number of rotatable bonds is 5. The van der Waals surface area contributed by atoms with E-state index in [1.807, 2.05) is 43.0 Å². The molecule has 1 unspecified atom stereocenters. The van der Waals surface area contributed by atoms with Crippen LogP contribution >= 0.6 is 0 Å². The summed E-state index contributed by atoms with van der Waals surface area (Å²) in [5, 5.41) is 3.21. The van der Waals surface area contributed by atoms with Crippen LogP contribution in [0.3, 0.4) is 0 Å². The van der Waals surface area contributed by atoms with Crippen molar-refractivity contribution in [3.8, 4) is 5.75 Å². The molecule has 1 N–H and O–H groups in total. The molecular formula is C19H27N3O3. The maximum atomic E-state index is 12.5. The number of benzene rings is 1.